The van der Waals surface area contributed by atoms with Gasteiger partial charge < -0.3 is 0 Å². The van der Waals surface area contributed by atoms with Crippen LogP contribution in [0.3, 0.4) is 0 Å². The Balaban J connectivity index is 1.79. The van der Waals surface area contributed by atoms with Crippen LogP contribution in [0.25, 0.3) is 0 Å². The van der Waals surface area contributed by atoms with Crippen LogP contribution in [-0.4, -0.2) is 0 Å². The second-order valence-corrected chi connectivity index (χ2v) is 18.1. The van der Waals surface area contributed by atoms with E-state index in [4.69, 9.17) is 0 Å². The lowest BCUT2D eigenvalue weighted by Crippen LogP contribution is -2.34. The SMILES string of the molecule is CCC=CCC1CC12C(C)=CC(C(C)=C(C)C(C)=CC(C)(C1CC1CC(C)(CC)CCCCCCC)C(C)(C)C)CCCC2C. The minimum Gasteiger partial charge on any atom is -0.0888 e. The fourth-order valence-electron chi connectivity index (χ4n) is 9.77. The van der Waals surface area contributed by atoms with Crippen LogP contribution in [0.2, 0.25) is 0 Å². The van der Waals surface area contributed by atoms with Crippen molar-refractivity contribution in [1.82, 2.24) is 0 Å². The van der Waals surface area contributed by atoms with Gasteiger partial charge in [-0.15, -0.1) is 0 Å². The number of allylic oxidation sites excluding steroid dienone is 8. The van der Waals surface area contributed by atoms with Crippen molar-refractivity contribution in [3.05, 3.63) is 46.6 Å². The predicted octanol–water partition coefficient (Wildman–Crippen LogP) is 14.9. The van der Waals surface area contributed by atoms with E-state index in [0.29, 0.717) is 16.7 Å². The average molecular weight is 619 g/mol. The Bertz CT molecular complexity index is 1070. The van der Waals surface area contributed by atoms with Crippen LogP contribution in [0.15, 0.2) is 46.6 Å². The molecule has 0 aromatic carbocycles. The molecule has 3 aliphatic rings. The molecule has 3 aliphatic carbocycles. The van der Waals surface area contributed by atoms with E-state index in [-0.39, 0.29) is 10.8 Å². The minimum absolute atomic E-state index is 0.221. The van der Waals surface area contributed by atoms with E-state index in [1.807, 2.05) is 0 Å². The van der Waals surface area contributed by atoms with Crippen LogP contribution >= 0.6 is 0 Å². The van der Waals surface area contributed by atoms with Crippen molar-refractivity contribution in [2.45, 2.75) is 186 Å². The van der Waals surface area contributed by atoms with Crippen molar-refractivity contribution in [3.8, 4) is 0 Å². The molecule has 0 aliphatic heterocycles. The third-order valence-corrected chi connectivity index (χ3v) is 14.2. The summed E-state index contributed by atoms with van der Waals surface area (Å²) < 4.78 is 0. The second kappa shape index (κ2) is 15.9. The molecule has 3 rings (SSSR count). The fourth-order valence-corrected chi connectivity index (χ4v) is 9.77. The Hall–Kier alpha value is -1.04. The predicted molar refractivity (Wildman–Crippen MR) is 203 cm³/mol. The molecular formula is C45H78. The molecule has 0 heteroatoms. The maximum absolute atomic E-state index is 2.75. The maximum Gasteiger partial charge on any atom is -0.00174 e. The third kappa shape index (κ3) is 9.11. The molecule has 0 nitrogen and oxygen atoms in total. The highest BCUT2D eigenvalue weighted by atomic mass is 14.6. The van der Waals surface area contributed by atoms with Crippen molar-refractivity contribution in [3.63, 3.8) is 0 Å². The molecular weight excluding hydrogens is 540 g/mol. The summed E-state index contributed by atoms with van der Waals surface area (Å²) >= 11 is 0. The Morgan fingerprint density at radius 2 is 1.62 bits per heavy atom. The summed E-state index contributed by atoms with van der Waals surface area (Å²) in [6, 6.07) is 0. The Morgan fingerprint density at radius 3 is 2.24 bits per heavy atom. The monoisotopic (exact) mass is 619 g/mol. The zero-order valence-corrected chi connectivity index (χ0v) is 32.8. The first kappa shape index (κ1) is 38.4. The molecule has 1 spiro atoms. The van der Waals surface area contributed by atoms with Gasteiger partial charge in [0.1, 0.15) is 0 Å². The molecule has 8 atom stereocenters. The summed E-state index contributed by atoms with van der Waals surface area (Å²) in [7, 11) is 0. The topological polar surface area (TPSA) is 0 Å². The molecule has 0 heterocycles. The van der Waals surface area contributed by atoms with Crippen LogP contribution in [0.5, 0.6) is 0 Å². The van der Waals surface area contributed by atoms with Crippen molar-refractivity contribution in [2.75, 3.05) is 0 Å². The number of unbranched alkanes of at least 4 members (excludes halogenated alkanes) is 4. The van der Waals surface area contributed by atoms with Gasteiger partial charge in [0.05, 0.1) is 0 Å². The Kier molecular flexibility index (Phi) is 13.6. The van der Waals surface area contributed by atoms with Gasteiger partial charge in [0.25, 0.3) is 0 Å². The summed E-state index contributed by atoms with van der Waals surface area (Å²) in [5.41, 5.74) is 7.87. The van der Waals surface area contributed by atoms with Gasteiger partial charge in [-0.2, -0.15) is 0 Å². The molecule has 0 N–H and O–H groups in total. The summed E-state index contributed by atoms with van der Waals surface area (Å²) in [5, 5.41) is 0. The standard InChI is InChI=1S/C45H78/c1-14-17-19-20-22-27-43(12,16-3)31-39-29-41(39)44(13,42(9,10)11)30-33(4)36(7)37(8)38-25-23-24-34(5)45(35(6)28-38)32-40(45)26-21-18-15-2/h18,21,28,30,34,38-41H,14-17,19-20,22-27,29,31-32H2,1-13H3. The van der Waals surface area contributed by atoms with Gasteiger partial charge in [-0.05, 0) is 136 Å². The smallest absolute Gasteiger partial charge is 0.00174 e. The van der Waals surface area contributed by atoms with Crippen LogP contribution in [0.1, 0.15) is 186 Å². The van der Waals surface area contributed by atoms with Crippen LogP contribution in [0.4, 0.5) is 0 Å². The van der Waals surface area contributed by atoms with E-state index in [2.05, 4.69) is 114 Å². The number of rotatable bonds is 16. The first-order valence-electron chi connectivity index (χ1n) is 19.8. The molecule has 2 saturated carbocycles. The second-order valence-electron chi connectivity index (χ2n) is 18.1. The molecule has 0 amide bonds. The Labute approximate surface area is 283 Å². The fraction of sp³-hybridized carbons (Fsp3) is 0.822. The summed E-state index contributed by atoms with van der Waals surface area (Å²) in [6.45, 7) is 32.2. The van der Waals surface area contributed by atoms with E-state index >= 15 is 0 Å². The van der Waals surface area contributed by atoms with Crippen molar-refractivity contribution >= 4 is 0 Å². The summed E-state index contributed by atoms with van der Waals surface area (Å²) in [6.07, 6.45) is 30.8. The molecule has 0 aromatic rings. The van der Waals surface area contributed by atoms with E-state index in [1.165, 1.54) is 95.5 Å². The lowest BCUT2D eigenvalue weighted by atomic mass is 9.62. The van der Waals surface area contributed by atoms with E-state index in [1.54, 1.807) is 16.7 Å². The van der Waals surface area contributed by atoms with Crippen LogP contribution in [0, 0.1) is 51.2 Å². The van der Waals surface area contributed by atoms with Gasteiger partial charge in [-0.3, -0.25) is 0 Å². The van der Waals surface area contributed by atoms with Gasteiger partial charge >= 0.3 is 0 Å². The first-order chi connectivity index (χ1) is 21.1. The highest BCUT2D eigenvalue weighted by molar-refractivity contribution is 5.38. The molecule has 0 bridgehead atoms. The molecule has 8 unspecified atom stereocenters. The van der Waals surface area contributed by atoms with Gasteiger partial charge in [0.2, 0.25) is 0 Å². The largest absolute Gasteiger partial charge is 0.0888 e. The summed E-state index contributed by atoms with van der Waals surface area (Å²) in [4.78, 5) is 0. The van der Waals surface area contributed by atoms with Crippen LogP contribution < -0.4 is 0 Å². The lowest BCUT2D eigenvalue weighted by Gasteiger charge is -2.42. The zero-order chi connectivity index (χ0) is 33.6. The van der Waals surface area contributed by atoms with Crippen LogP contribution in [-0.2, 0) is 0 Å². The van der Waals surface area contributed by atoms with Crippen molar-refractivity contribution < 1.29 is 0 Å². The van der Waals surface area contributed by atoms with Gasteiger partial charge in [0.15, 0.2) is 0 Å². The van der Waals surface area contributed by atoms with E-state index < -0.39 is 0 Å². The number of hydrogen-bond acceptors (Lipinski definition) is 0. The highest BCUT2D eigenvalue weighted by Crippen LogP contribution is 2.66. The molecule has 0 aromatic heterocycles. The first-order valence-corrected chi connectivity index (χ1v) is 19.8. The lowest BCUT2D eigenvalue weighted by molar-refractivity contribution is 0.121. The highest BCUT2D eigenvalue weighted by Gasteiger charge is 2.57. The normalized spacial score (nSPS) is 32.4. The number of hydrogen-bond donors (Lipinski definition) is 0. The maximum atomic E-state index is 2.75. The average Bonchev–Trinajstić information content (AvgIpc) is 3.90. The molecule has 0 radical (unpaired) electrons. The minimum atomic E-state index is 0.221. The Morgan fingerprint density at radius 1 is 0.933 bits per heavy atom. The quantitative estimate of drug-likeness (QED) is 0.0917. The van der Waals surface area contributed by atoms with Gasteiger partial charge in [-0.1, -0.05) is 148 Å². The van der Waals surface area contributed by atoms with Gasteiger partial charge in [0, 0.05) is 0 Å². The van der Waals surface area contributed by atoms with Gasteiger partial charge in [-0.25, -0.2) is 0 Å². The van der Waals surface area contributed by atoms with Crippen molar-refractivity contribution in [1.29, 1.82) is 0 Å². The summed E-state index contributed by atoms with van der Waals surface area (Å²) in [5.74, 6) is 3.95. The third-order valence-electron chi connectivity index (χ3n) is 14.2. The van der Waals surface area contributed by atoms with Crippen molar-refractivity contribution in [2.24, 2.45) is 51.2 Å². The molecule has 45 heavy (non-hydrogen) atoms. The molecule has 258 valence electrons. The molecule has 0 saturated heterocycles. The zero-order valence-electron chi connectivity index (χ0n) is 32.8. The van der Waals surface area contributed by atoms with E-state index in [9.17, 15) is 0 Å². The van der Waals surface area contributed by atoms with E-state index in [0.717, 1.165) is 30.1 Å². The molecule has 2 fully saturated rings.